The number of hydrogen-bond donors (Lipinski definition) is 0. The molecule has 32 heavy (non-hydrogen) atoms. The van der Waals surface area contributed by atoms with Gasteiger partial charge in [0.2, 0.25) is 0 Å². The third kappa shape index (κ3) is 17.6. The maximum atomic E-state index is 11.7. The number of esters is 2. The van der Waals surface area contributed by atoms with Gasteiger partial charge in [-0.05, 0) is 30.9 Å². The summed E-state index contributed by atoms with van der Waals surface area (Å²) >= 11 is 0. The largest absolute Gasteiger partial charge is 0.466 e. The maximum absolute atomic E-state index is 11.7. The fourth-order valence-corrected chi connectivity index (χ4v) is 3.52. The summed E-state index contributed by atoms with van der Waals surface area (Å²) in [5.74, 6) is -0.188. The number of ether oxygens (including phenoxy) is 2. The van der Waals surface area contributed by atoms with Crippen LogP contribution >= 0.6 is 0 Å². The third-order valence-electron chi connectivity index (χ3n) is 5.47. The van der Waals surface area contributed by atoms with E-state index in [0.717, 1.165) is 56.9 Å². The van der Waals surface area contributed by atoms with E-state index < -0.39 is 0 Å². The lowest BCUT2D eigenvalue weighted by Gasteiger charge is -2.05. The molecule has 0 N–H and O–H groups in total. The van der Waals surface area contributed by atoms with Crippen LogP contribution in [-0.4, -0.2) is 25.2 Å². The van der Waals surface area contributed by atoms with Gasteiger partial charge in [-0.15, -0.1) is 0 Å². The van der Waals surface area contributed by atoms with Crippen LogP contribution in [0.5, 0.6) is 0 Å². The second-order valence-corrected chi connectivity index (χ2v) is 8.46. The third-order valence-corrected chi connectivity index (χ3v) is 5.47. The summed E-state index contributed by atoms with van der Waals surface area (Å²) in [5.41, 5.74) is 1.10. The summed E-state index contributed by atoms with van der Waals surface area (Å²) in [4.78, 5) is 23.5. The monoisotopic (exact) mass is 444 g/mol. The first-order valence-corrected chi connectivity index (χ1v) is 12.7. The van der Waals surface area contributed by atoms with Gasteiger partial charge in [0.15, 0.2) is 0 Å². The molecule has 4 heteroatoms. The van der Waals surface area contributed by atoms with Crippen LogP contribution in [0, 0.1) is 0 Å². The van der Waals surface area contributed by atoms with E-state index in [-0.39, 0.29) is 11.9 Å². The molecule has 1 aromatic rings. The summed E-state index contributed by atoms with van der Waals surface area (Å²) < 4.78 is 10.5. The molecule has 0 amide bonds. The Bertz CT molecular complexity index is 609. The van der Waals surface area contributed by atoms with Crippen molar-refractivity contribution in [3.05, 3.63) is 42.0 Å². The summed E-state index contributed by atoms with van der Waals surface area (Å²) in [6, 6.07) is 9.96. The highest BCUT2D eigenvalue weighted by atomic mass is 16.5. The van der Waals surface area contributed by atoms with Crippen LogP contribution in [0.15, 0.2) is 36.4 Å². The number of hydrogen-bond acceptors (Lipinski definition) is 4. The standard InChI is InChI=1S/C28H44O4/c1-2-3-4-5-8-11-17-24-31-27(29)22-15-9-6-7-10-16-23-28(30)32-25-18-21-26-19-13-12-14-20-26/h12-14,18-21H,2-11,15-17,22-25H2,1H3/b21-18+. The Morgan fingerprint density at radius 2 is 1.22 bits per heavy atom. The van der Waals surface area contributed by atoms with E-state index in [1.165, 1.54) is 32.1 Å². The van der Waals surface area contributed by atoms with Crippen LogP contribution in [0.1, 0.15) is 109 Å². The molecule has 0 atom stereocenters. The normalized spacial score (nSPS) is 11.0. The van der Waals surface area contributed by atoms with Crippen molar-refractivity contribution in [2.75, 3.05) is 13.2 Å². The van der Waals surface area contributed by atoms with Crippen molar-refractivity contribution in [1.82, 2.24) is 0 Å². The topological polar surface area (TPSA) is 52.6 Å². The molecule has 1 rings (SSSR count). The zero-order valence-electron chi connectivity index (χ0n) is 20.2. The zero-order chi connectivity index (χ0) is 23.1. The van der Waals surface area contributed by atoms with E-state index in [9.17, 15) is 9.59 Å². The Morgan fingerprint density at radius 1 is 0.688 bits per heavy atom. The molecule has 4 nitrogen and oxygen atoms in total. The quantitative estimate of drug-likeness (QED) is 0.153. The van der Waals surface area contributed by atoms with E-state index in [1.54, 1.807) is 0 Å². The Kier molecular flexibility index (Phi) is 18.1. The highest BCUT2D eigenvalue weighted by Gasteiger charge is 2.04. The van der Waals surface area contributed by atoms with Crippen molar-refractivity contribution in [3.63, 3.8) is 0 Å². The summed E-state index contributed by atoms with van der Waals surface area (Å²) in [5, 5.41) is 0. The predicted octanol–water partition coefficient (Wildman–Crippen LogP) is 7.66. The van der Waals surface area contributed by atoms with Crippen LogP contribution in [0.3, 0.4) is 0 Å². The van der Waals surface area contributed by atoms with E-state index in [2.05, 4.69) is 6.92 Å². The van der Waals surface area contributed by atoms with Crippen LogP contribution < -0.4 is 0 Å². The fourth-order valence-electron chi connectivity index (χ4n) is 3.52. The van der Waals surface area contributed by atoms with Crippen molar-refractivity contribution >= 4 is 18.0 Å². The van der Waals surface area contributed by atoms with Gasteiger partial charge in [0.1, 0.15) is 6.61 Å². The second kappa shape index (κ2) is 20.8. The highest BCUT2D eigenvalue weighted by Crippen LogP contribution is 2.11. The average Bonchev–Trinajstić information content (AvgIpc) is 2.81. The first-order chi connectivity index (χ1) is 15.7. The molecule has 0 aromatic heterocycles. The summed E-state index contributed by atoms with van der Waals surface area (Å²) in [7, 11) is 0. The van der Waals surface area contributed by atoms with Crippen LogP contribution in [0.2, 0.25) is 0 Å². The first kappa shape index (κ1) is 27.9. The van der Waals surface area contributed by atoms with Gasteiger partial charge in [0, 0.05) is 12.8 Å². The maximum Gasteiger partial charge on any atom is 0.306 e. The number of carbonyl (C=O) groups excluding carboxylic acids is 2. The Labute approximate surface area is 195 Å². The molecule has 180 valence electrons. The van der Waals surface area contributed by atoms with Crippen molar-refractivity contribution in [3.8, 4) is 0 Å². The molecule has 0 aliphatic heterocycles. The van der Waals surface area contributed by atoms with E-state index in [0.29, 0.717) is 26.1 Å². The lowest BCUT2D eigenvalue weighted by atomic mass is 10.1. The second-order valence-electron chi connectivity index (χ2n) is 8.46. The minimum atomic E-state index is -0.133. The summed E-state index contributed by atoms with van der Waals surface area (Å²) in [6.45, 7) is 3.12. The van der Waals surface area contributed by atoms with Crippen LogP contribution in [0.4, 0.5) is 0 Å². The lowest BCUT2D eigenvalue weighted by Crippen LogP contribution is -2.05. The van der Waals surface area contributed by atoms with Gasteiger partial charge in [-0.3, -0.25) is 9.59 Å². The van der Waals surface area contributed by atoms with Gasteiger partial charge in [-0.1, -0.05) is 108 Å². The van der Waals surface area contributed by atoms with E-state index in [4.69, 9.17) is 9.47 Å². The van der Waals surface area contributed by atoms with Crippen molar-refractivity contribution < 1.29 is 19.1 Å². The molecule has 0 saturated carbocycles. The fraction of sp³-hybridized carbons (Fsp3) is 0.643. The Morgan fingerprint density at radius 3 is 1.84 bits per heavy atom. The smallest absolute Gasteiger partial charge is 0.306 e. The Balaban J connectivity index is 1.83. The van der Waals surface area contributed by atoms with Gasteiger partial charge in [-0.25, -0.2) is 0 Å². The molecule has 0 radical (unpaired) electrons. The molecule has 0 spiro atoms. The van der Waals surface area contributed by atoms with Gasteiger partial charge >= 0.3 is 11.9 Å². The molecule has 0 heterocycles. The highest BCUT2D eigenvalue weighted by molar-refractivity contribution is 5.69. The number of rotatable bonds is 20. The zero-order valence-corrected chi connectivity index (χ0v) is 20.2. The van der Waals surface area contributed by atoms with Gasteiger partial charge in [0.25, 0.3) is 0 Å². The van der Waals surface area contributed by atoms with Crippen molar-refractivity contribution in [2.45, 2.75) is 103 Å². The molecule has 0 unspecified atom stereocenters. The minimum absolute atomic E-state index is 0.0555. The van der Waals surface area contributed by atoms with E-state index >= 15 is 0 Å². The molecule has 0 aliphatic carbocycles. The lowest BCUT2D eigenvalue weighted by molar-refractivity contribution is -0.144. The molecule has 0 bridgehead atoms. The van der Waals surface area contributed by atoms with Crippen LogP contribution in [0.25, 0.3) is 6.08 Å². The minimum Gasteiger partial charge on any atom is -0.466 e. The molecular weight excluding hydrogens is 400 g/mol. The molecule has 0 fully saturated rings. The SMILES string of the molecule is CCCCCCCCCOC(=O)CCCCCCCCC(=O)OC/C=C/c1ccccc1. The molecule has 0 saturated heterocycles. The van der Waals surface area contributed by atoms with E-state index in [1.807, 2.05) is 42.5 Å². The molecule has 1 aromatic carbocycles. The predicted molar refractivity (Wildman–Crippen MR) is 132 cm³/mol. The van der Waals surface area contributed by atoms with Gasteiger partial charge in [-0.2, -0.15) is 0 Å². The molecular formula is C28H44O4. The Hall–Kier alpha value is -2.10. The number of carbonyl (C=O) groups is 2. The number of benzene rings is 1. The van der Waals surface area contributed by atoms with Crippen LogP contribution in [-0.2, 0) is 19.1 Å². The number of unbranched alkanes of at least 4 members (excludes halogenated alkanes) is 11. The first-order valence-electron chi connectivity index (χ1n) is 12.7. The van der Waals surface area contributed by atoms with Gasteiger partial charge in [0.05, 0.1) is 6.61 Å². The van der Waals surface area contributed by atoms with Crippen molar-refractivity contribution in [2.24, 2.45) is 0 Å². The van der Waals surface area contributed by atoms with Crippen molar-refractivity contribution in [1.29, 1.82) is 0 Å². The summed E-state index contributed by atoms with van der Waals surface area (Å²) in [6.07, 6.45) is 19.5. The average molecular weight is 445 g/mol. The molecule has 0 aliphatic rings. The van der Waals surface area contributed by atoms with Gasteiger partial charge < -0.3 is 9.47 Å².